The van der Waals surface area contributed by atoms with Crippen LogP contribution in [-0.2, 0) is 28.8 Å². The number of carbonyl (C=O) groups excluding carboxylic acids is 4. The van der Waals surface area contributed by atoms with Gasteiger partial charge in [0, 0.05) is 12.8 Å². The number of nitrogens with two attached hydrogens (primary N) is 2. The van der Waals surface area contributed by atoms with E-state index in [1.807, 2.05) is 0 Å². The molecule has 0 aromatic rings. The summed E-state index contributed by atoms with van der Waals surface area (Å²) in [7, 11) is 0. The molecule has 9 N–H and O–H groups in total. The molecule has 0 heterocycles. The van der Waals surface area contributed by atoms with Gasteiger partial charge in [0.05, 0.1) is 6.04 Å². The molecule has 0 aliphatic heterocycles. The number of hydrogen-bond acceptors (Lipinski definition) is 7. The fourth-order valence-electron chi connectivity index (χ4n) is 3.16. The van der Waals surface area contributed by atoms with Crippen molar-refractivity contribution in [2.24, 2.45) is 23.3 Å². The number of amides is 4. The summed E-state index contributed by atoms with van der Waals surface area (Å²) in [6.07, 6.45) is -0.238. The first-order valence-electron chi connectivity index (χ1n) is 11.6. The van der Waals surface area contributed by atoms with E-state index in [0.29, 0.717) is 6.42 Å². The minimum atomic E-state index is -1.28. The first-order valence-corrected chi connectivity index (χ1v) is 11.6. The van der Waals surface area contributed by atoms with Crippen LogP contribution in [0, 0.1) is 11.8 Å². The predicted octanol–water partition coefficient (Wildman–Crippen LogP) is -0.925. The van der Waals surface area contributed by atoms with E-state index < -0.39 is 65.7 Å². The highest BCUT2D eigenvalue weighted by Crippen LogP contribution is 2.11. The summed E-state index contributed by atoms with van der Waals surface area (Å²) in [5.41, 5.74) is 10.9. The van der Waals surface area contributed by atoms with Crippen LogP contribution < -0.4 is 27.4 Å². The van der Waals surface area contributed by atoms with Gasteiger partial charge in [0.2, 0.25) is 23.6 Å². The minimum absolute atomic E-state index is 0.0546. The molecule has 0 aliphatic carbocycles. The van der Waals surface area contributed by atoms with Crippen LogP contribution >= 0.6 is 0 Å². The topological polar surface area (TPSA) is 231 Å². The molecule has 13 nitrogen and oxygen atoms in total. The number of rotatable bonds is 17. The van der Waals surface area contributed by atoms with Crippen molar-refractivity contribution in [2.45, 2.75) is 90.4 Å². The van der Waals surface area contributed by atoms with Crippen molar-refractivity contribution < 1.29 is 39.0 Å². The maximum absolute atomic E-state index is 13.0. The van der Waals surface area contributed by atoms with E-state index in [9.17, 15) is 33.9 Å². The molecule has 200 valence electrons. The van der Waals surface area contributed by atoms with Gasteiger partial charge in [-0.2, -0.15) is 0 Å². The number of carboxylic acids is 2. The zero-order valence-corrected chi connectivity index (χ0v) is 20.7. The third kappa shape index (κ3) is 12.7. The molecule has 4 amide bonds. The molecule has 0 fully saturated rings. The van der Waals surface area contributed by atoms with Crippen LogP contribution in [0.25, 0.3) is 0 Å². The van der Waals surface area contributed by atoms with Gasteiger partial charge in [-0.1, -0.05) is 34.1 Å². The Morgan fingerprint density at radius 1 is 0.800 bits per heavy atom. The largest absolute Gasteiger partial charge is 0.481 e. The Morgan fingerprint density at radius 2 is 1.34 bits per heavy atom. The highest BCUT2D eigenvalue weighted by molar-refractivity contribution is 5.94. The lowest BCUT2D eigenvalue weighted by molar-refractivity contribution is -0.144. The zero-order valence-electron chi connectivity index (χ0n) is 20.7. The van der Waals surface area contributed by atoms with Crippen molar-refractivity contribution in [1.82, 2.24) is 16.0 Å². The van der Waals surface area contributed by atoms with E-state index in [-0.39, 0.29) is 38.0 Å². The van der Waals surface area contributed by atoms with Gasteiger partial charge in [0.15, 0.2) is 0 Å². The second-order valence-electron chi connectivity index (χ2n) is 9.01. The van der Waals surface area contributed by atoms with Crippen LogP contribution in [0.1, 0.15) is 66.2 Å². The molecule has 0 saturated carbocycles. The molecule has 0 saturated heterocycles. The lowest BCUT2D eigenvalue weighted by Gasteiger charge is -2.27. The fraction of sp³-hybridized carbons (Fsp3) is 0.727. The van der Waals surface area contributed by atoms with Crippen LogP contribution in [0.3, 0.4) is 0 Å². The van der Waals surface area contributed by atoms with E-state index >= 15 is 0 Å². The predicted molar refractivity (Wildman–Crippen MR) is 126 cm³/mol. The molecule has 35 heavy (non-hydrogen) atoms. The monoisotopic (exact) mass is 501 g/mol. The number of nitrogens with one attached hydrogen (secondary N) is 3. The molecule has 0 aromatic carbocycles. The van der Waals surface area contributed by atoms with Crippen molar-refractivity contribution in [2.75, 3.05) is 0 Å². The third-order valence-corrected chi connectivity index (χ3v) is 5.44. The number of primary amides is 1. The summed E-state index contributed by atoms with van der Waals surface area (Å²) in [5.74, 6) is -5.81. The Kier molecular flexibility index (Phi) is 14.2. The Balaban J connectivity index is 5.60. The molecule has 0 spiro atoms. The Bertz CT molecular complexity index is 773. The number of carboxylic acid groups (broad SMARTS) is 2. The zero-order chi connectivity index (χ0) is 27.3. The van der Waals surface area contributed by atoms with Crippen LogP contribution in [-0.4, -0.2) is 69.9 Å². The van der Waals surface area contributed by atoms with Gasteiger partial charge >= 0.3 is 11.9 Å². The van der Waals surface area contributed by atoms with E-state index in [1.165, 1.54) is 0 Å². The Labute approximate surface area is 204 Å². The summed E-state index contributed by atoms with van der Waals surface area (Å²) in [6, 6.07) is -4.76. The Hall–Kier alpha value is -3.22. The third-order valence-electron chi connectivity index (χ3n) is 5.44. The molecule has 0 rings (SSSR count). The van der Waals surface area contributed by atoms with Crippen molar-refractivity contribution in [3.8, 4) is 0 Å². The van der Waals surface area contributed by atoms with Crippen LogP contribution in [0.2, 0.25) is 0 Å². The second kappa shape index (κ2) is 15.6. The van der Waals surface area contributed by atoms with Gasteiger partial charge in [-0.05, 0) is 31.1 Å². The van der Waals surface area contributed by atoms with Crippen molar-refractivity contribution in [1.29, 1.82) is 0 Å². The lowest BCUT2D eigenvalue weighted by Crippen LogP contribution is -2.58. The van der Waals surface area contributed by atoms with E-state index in [0.717, 1.165) is 0 Å². The number of carbonyl (C=O) groups is 6. The maximum atomic E-state index is 13.0. The van der Waals surface area contributed by atoms with Crippen molar-refractivity contribution in [3.63, 3.8) is 0 Å². The smallest absolute Gasteiger partial charge is 0.326 e. The minimum Gasteiger partial charge on any atom is -0.481 e. The van der Waals surface area contributed by atoms with E-state index in [2.05, 4.69) is 16.0 Å². The first kappa shape index (κ1) is 31.8. The molecule has 0 radical (unpaired) electrons. The Morgan fingerprint density at radius 3 is 1.80 bits per heavy atom. The SMILES string of the molecule is CCC(C)C(NC(=O)C(CCC(N)=O)NC(=O)C(CC(C)C)NC(=O)C(N)CCC(=O)O)C(=O)O. The van der Waals surface area contributed by atoms with Gasteiger partial charge in [-0.25, -0.2) is 4.79 Å². The normalized spacial score (nSPS) is 15.3. The summed E-state index contributed by atoms with van der Waals surface area (Å²) in [4.78, 5) is 71.8. The fourth-order valence-corrected chi connectivity index (χ4v) is 3.16. The van der Waals surface area contributed by atoms with Crippen molar-refractivity contribution >= 4 is 35.6 Å². The standard InChI is InChI=1S/C22H39N5O8/c1-5-12(4)18(22(34)35)27-20(32)14(7-8-16(24)28)25-21(33)15(10-11(2)3)26-19(31)13(23)6-9-17(29)30/h11-15,18H,5-10,23H2,1-4H3,(H2,24,28)(H,25,33)(H,26,31)(H,27,32)(H,29,30)(H,34,35). The summed E-state index contributed by atoms with van der Waals surface area (Å²) >= 11 is 0. The van der Waals surface area contributed by atoms with Gasteiger partial charge in [-0.3, -0.25) is 24.0 Å². The average molecular weight is 502 g/mol. The molecular formula is C22H39N5O8. The average Bonchev–Trinajstić information content (AvgIpc) is 2.76. The summed E-state index contributed by atoms with van der Waals surface area (Å²) in [5, 5.41) is 25.6. The highest BCUT2D eigenvalue weighted by atomic mass is 16.4. The van der Waals surface area contributed by atoms with Crippen LogP contribution in [0.5, 0.6) is 0 Å². The van der Waals surface area contributed by atoms with E-state index in [4.69, 9.17) is 16.6 Å². The van der Waals surface area contributed by atoms with Gasteiger partial charge < -0.3 is 37.6 Å². The molecule has 0 aliphatic rings. The van der Waals surface area contributed by atoms with Gasteiger partial charge in [0.25, 0.3) is 0 Å². The lowest BCUT2D eigenvalue weighted by atomic mass is 9.98. The molecule has 0 aromatic heterocycles. The summed E-state index contributed by atoms with van der Waals surface area (Å²) < 4.78 is 0. The van der Waals surface area contributed by atoms with Gasteiger partial charge in [0.1, 0.15) is 18.1 Å². The van der Waals surface area contributed by atoms with Crippen LogP contribution in [0.15, 0.2) is 0 Å². The quantitative estimate of drug-likeness (QED) is 0.130. The van der Waals surface area contributed by atoms with Crippen LogP contribution in [0.4, 0.5) is 0 Å². The molecule has 5 atom stereocenters. The van der Waals surface area contributed by atoms with Gasteiger partial charge in [-0.15, -0.1) is 0 Å². The first-order chi connectivity index (χ1) is 16.2. The summed E-state index contributed by atoms with van der Waals surface area (Å²) in [6.45, 7) is 7.02. The second-order valence-corrected chi connectivity index (χ2v) is 9.01. The molecule has 0 bridgehead atoms. The number of aliphatic carboxylic acids is 2. The van der Waals surface area contributed by atoms with Crippen molar-refractivity contribution in [3.05, 3.63) is 0 Å². The highest BCUT2D eigenvalue weighted by Gasteiger charge is 2.32. The number of hydrogen-bond donors (Lipinski definition) is 7. The molecule has 13 heteroatoms. The maximum Gasteiger partial charge on any atom is 0.326 e. The molecule has 5 unspecified atom stereocenters. The molecular weight excluding hydrogens is 462 g/mol. The van der Waals surface area contributed by atoms with E-state index in [1.54, 1.807) is 27.7 Å².